The SMILES string of the molecule is O=C1C2C3C=CC(O3)C2[C@@H]2C3C=CC(C3)[C@H]12. The molecule has 1 saturated heterocycles. The van der Waals surface area contributed by atoms with Crippen LogP contribution in [0.3, 0.4) is 0 Å². The second-order valence-corrected chi connectivity index (χ2v) is 6.01. The number of carbonyl (C=O) groups is 1. The second kappa shape index (κ2) is 2.35. The molecule has 0 aromatic carbocycles. The minimum atomic E-state index is 0.118. The molecule has 0 spiro atoms. The molecule has 2 heteroatoms. The van der Waals surface area contributed by atoms with Crippen molar-refractivity contribution in [1.29, 1.82) is 0 Å². The highest BCUT2D eigenvalue weighted by molar-refractivity contribution is 5.89. The number of carbonyl (C=O) groups excluding carboxylic acids is 1. The maximum Gasteiger partial charge on any atom is 0.143 e. The van der Waals surface area contributed by atoms with Crippen molar-refractivity contribution in [2.45, 2.75) is 18.6 Å². The van der Waals surface area contributed by atoms with E-state index < -0.39 is 0 Å². The lowest BCUT2D eigenvalue weighted by molar-refractivity contribution is -0.126. The minimum absolute atomic E-state index is 0.118. The number of hydrogen-bond acceptors (Lipinski definition) is 2. The molecule has 3 aliphatic carbocycles. The van der Waals surface area contributed by atoms with Gasteiger partial charge in [-0.05, 0) is 24.2 Å². The van der Waals surface area contributed by atoms with Crippen LogP contribution in [-0.4, -0.2) is 18.0 Å². The predicted molar refractivity (Wildman–Crippen MR) is 57.5 cm³/mol. The van der Waals surface area contributed by atoms with Gasteiger partial charge in [0.05, 0.1) is 18.1 Å². The van der Waals surface area contributed by atoms with E-state index in [2.05, 4.69) is 24.3 Å². The van der Waals surface area contributed by atoms with Crippen molar-refractivity contribution in [2.75, 3.05) is 0 Å². The molecule has 0 amide bonds. The van der Waals surface area contributed by atoms with Crippen molar-refractivity contribution in [3.8, 4) is 0 Å². The highest BCUT2D eigenvalue weighted by Gasteiger charge is 2.66. The summed E-state index contributed by atoms with van der Waals surface area (Å²) in [6, 6.07) is 0. The zero-order valence-corrected chi connectivity index (χ0v) is 8.95. The summed E-state index contributed by atoms with van der Waals surface area (Å²) in [4.78, 5) is 12.5. The Balaban J connectivity index is 1.67. The van der Waals surface area contributed by atoms with Crippen molar-refractivity contribution < 1.29 is 9.53 Å². The van der Waals surface area contributed by atoms with Crippen molar-refractivity contribution in [3.63, 3.8) is 0 Å². The van der Waals surface area contributed by atoms with E-state index in [4.69, 9.17) is 4.74 Å². The van der Waals surface area contributed by atoms with Crippen LogP contribution in [-0.2, 0) is 9.53 Å². The first-order chi connectivity index (χ1) is 7.84. The number of ether oxygens (including phenoxy) is 1. The number of hydrogen-bond donors (Lipinski definition) is 0. The van der Waals surface area contributed by atoms with Crippen LogP contribution in [0.5, 0.6) is 0 Å². The minimum Gasteiger partial charge on any atom is -0.366 e. The topological polar surface area (TPSA) is 26.3 Å². The van der Waals surface area contributed by atoms with Crippen LogP contribution in [0.15, 0.2) is 24.3 Å². The molecule has 82 valence electrons. The number of Topliss-reactive ketones (excluding diaryl/α,β-unsaturated/α-hetero) is 1. The van der Waals surface area contributed by atoms with Crippen LogP contribution in [0.4, 0.5) is 0 Å². The van der Waals surface area contributed by atoms with E-state index in [-0.39, 0.29) is 18.1 Å². The Morgan fingerprint density at radius 1 is 0.938 bits per heavy atom. The predicted octanol–water partition coefficient (Wildman–Crippen LogP) is 1.58. The molecule has 4 bridgehead atoms. The lowest BCUT2D eigenvalue weighted by Gasteiger charge is -2.26. The van der Waals surface area contributed by atoms with E-state index in [1.807, 2.05) is 0 Å². The zero-order valence-electron chi connectivity index (χ0n) is 8.95. The highest BCUT2D eigenvalue weighted by Crippen LogP contribution is 2.63. The normalized spacial score (nSPS) is 63.4. The van der Waals surface area contributed by atoms with Crippen molar-refractivity contribution in [2.24, 2.45) is 35.5 Å². The third-order valence-electron chi connectivity index (χ3n) is 5.57. The van der Waals surface area contributed by atoms with Gasteiger partial charge in [0.15, 0.2) is 0 Å². The van der Waals surface area contributed by atoms with E-state index >= 15 is 0 Å². The van der Waals surface area contributed by atoms with E-state index in [1.165, 1.54) is 6.42 Å². The molecule has 2 heterocycles. The third-order valence-corrected chi connectivity index (χ3v) is 5.57. The van der Waals surface area contributed by atoms with Gasteiger partial charge in [0.1, 0.15) is 5.78 Å². The fraction of sp³-hybridized carbons (Fsp3) is 0.643. The molecule has 2 aliphatic heterocycles. The molecule has 0 aromatic rings. The molecule has 16 heavy (non-hydrogen) atoms. The summed E-state index contributed by atoms with van der Waals surface area (Å²) in [6.45, 7) is 0. The van der Waals surface area contributed by atoms with Gasteiger partial charge in [-0.15, -0.1) is 0 Å². The molecule has 6 unspecified atom stereocenters. The Hall–Kier alpha value is -0.890. The largest absolute Gasteiger partial charge is 0.366 e. The van der Waals surface area contributed by atoms with Crippen LogP contribution in [0.1, 0.15) is 6.42 Å². The summed E-state index contributed by atoms with van der Waals surface area (Å²) in [5.74, 6) is 3.41. The number of fused-ring (bicyclic) bond motifs is 11. The van der Waals surface area contributed by atoms with E-state index in [1.54, 1.807) is 0 Å². The first-order valence-electron chi connectivity index (χ1n) is 6.40. The fourth-order valence-electron chi connectivity index (χ4n) is 5.16. The number of rotatable bonds is 0. The lowest BCUT2D eigenvalue weighted by Crippen LogP contribution is -2.28. The Kier molecular flexibility index (Phi) is 1.21. The van der Waals surface area contributed by atoms with E-state index in [9.17, 15) is 4.79 Å². The van der Waals surface area contributed by atoms with Crippen LogP contribution >= 0.6 is 0 Å². The summed E-state index contributed by atoms with van der Waals surface area (Å²) in [5.41, 5.74) is 0. The van der Waals surface area contributed by atoms with Crippen LogP contribution in [0.2, 0.25) is 0 Å². The maximum atomic E-state index is 12.5. The van der Waals surface area contributed by atoms with Crippen LogP contribution in [0, 0.1) is 35.5 Å². The summed E-state index contributed by atoms with van der Waals surface area (Å²) in [5, 5.41) is 0. The Bertz CT molecular complexity index is 410. The van der Waals surface area contributed by atoms with Crippen LogP contribution < -0.4 is 0 Å². The first-order valence-corrected chi connectivity index (χ1v) is 6.40. The summed E-state index contributed by atoms with van der Waals surface area (Å²) >= 11 is 0. The molecular formula is C14H14O2. The summed E-state index contributed by atoms with van der Waals surface area (Å²) in [7, 11) is 0. The van der Waals surface area contributed by atoms with Gasteiger partial charge in [-0.3, -0.25) is 4.79 Å². The molecule has 8 atom stereocenters. The Morgan fingerprint density at radius 2 is 1.75 bits per heavy atom. The highest BCUT2D eigenvalue weighted by atomic mass is 16.5. The standard InChI is InChI=1S/C14H14O2/c15-14-11-7-2-1-6(5-7)10(11)12-8-3-4-9(16-8)13(12)14/h1-4,6-13H,5H2/t6?,7?,8?,9?,10-,11+,12?,13?/m1/s1. The molecule has 2 nitrogen and oxygen atoms in total. The molecule has 0 aromatic heterocycles. The van der Waals surface area contributed by atoms with Gasteiger partial charge in [-0.2, -0.15) is 0 Å². The summed E-state index contributed by atoms with van der Waals surface area (Å²) in [6.07, 6.45) is 10.6. The molecule has 5 aliphatic rings. The van der Waals surface area contributed by atoms with Crippen molar-refractivity contribution in [1.82, 2.24) is 0 Å². The van der Waals surface area contributed by atoms with Crippen LogP contribution in [0.25, 0.3) is 0 Å². The second-order valence-electron chi connectivity index (χ2n) is 6.01. The average molecular weight is 214 g/mol. The monoisotopic (exact) mass is 214 g/mol. The maximum absolute atomic E-state index is 12.5. The summed E-state index contributed by atoms with van der Waals surface area (Å²) < 4.78 is 5.87. The van der Waals surface area contributed by atoms with Gasteiger partial charge in [0.25, 0.3) is 0 Å². The van der Waals surface area contributed by atoms with Gasteiger partial charge < -0.3 is 4.74 Å². The molecule has 5 rings (SSSR count). The smallest absolute Gasteiger partial charge is 0.143 e. The van der Waals surface area contributed by atoms with Gasteiger partial charge in [-0.1, -0.05) is 24.3 Å². The molecular weight excluding hydrogens is 200 g/mol. The fourth-order valence-corrected chi connectivity index (χ4v) is 5.16. The zero-order chi connectivity index (χ0) is 10.4. The third kappa shape index (κ3) is 0.682. The quantitative estimate of drug-likeness (QED) is 0.572. The molecule has 0 N–H and O–H groups in total. The van der Waals surface area contributed by atoms with E-state index in [0.29, 0.717) is 35.4 Å². The lowest BCUT2D eigenvalue weighted by atomic mass is 9.76. The average Bonchev–Trinajstić information content (AvgIpc) is 2.98. The van der Waals surface area contributed by atoms with Crippen molar-refractivity contribution in [3.05, 3.63) is 24.3 Å². The number of allylic oxidation sites excluding steroid dienone is 2. The van der Waals surface area contributed by atoms with Gasteiger partial charge in [0.2, 0.25) is 0 Å². The van der Waals surface area contributed by atoms with Gasteiger partial charge in [-0.25, -0.2) is 0 Å². The molecule has 2 saturated carbocycles. The molecule has 0 radical (unpaired) electrons. The van der Waals surface area contributed by atoms with Gasteiger partial charge >= 0.3 is 0 Å². The molecule has 3 fully saturated rings. The van der Waals surface area contributed by atoms with Crippen molar-refractivity contribution >= 4 is 5.78 Å². The number of ketones is 1. The van der Waals surface area contributed by atoms with E-state index in [0.717, 1.165) is 0 Å². The first kappa shape index (κ1) is 8.24. The Labute approximate surface area is 94.4 Å². The van der Waals surface area contributed by atoms with Gasteiger partial charge in [0, 0.05) is 11.8 Å². The Morgan fingerprint density at radius 3 is 2.69 bits per heavy atom.